The van der Waals surface area contributed by atoms with Crippen LogP contribution in [-0.4, -0.2) is 35.8 Å². The molecule has 0 radical (unpaired) electrons. The van der Waals surface area contributed by atoms with Crippen molar-refractivity contribution < 1.29 is 23.7 Å². The molecule has 1 heterocycles. The Morgan fingerprint density at radius 3 is 2.35 bits per heavy atom. The topological polar surface area (TPSA) is 103 Å². The fourth-order valence-electron chi connectivity index (χ4n) is 1.82. The predicted octanol–water partition coefficient (Wildman–Crippen LogP) is 2.17. The number of hydrogen-bond donors (Lipinski definition) is 0. The average Bonchev–Trinajstić information content (AvgIpc) is 3.03. The van der Waals surface area contributed by atoms with Gasteiger partial charge in [-0.2, -0.15) is 0 Å². The van der Waals surface area contributed by atoms with E-state index >= 15 is 0 Å². The predicted molar refractivity (Wildman–Crippen MR) is 78.7 cm³/mol. The van der Waals surface area contributed by atoms with Gasteiger partial charge in [-0.05, 0) is 6.07 Å². The fourth-order valence-corrected chi connectivity index (χ4v) is 1.82. The third-order valence-electron chi connectivity index (χ3n) is 2.97. The number of rotatable bonds is 5. The van der Waals surface area contributed by atoms with Crippen LogP contribution in [0.4, 0.5) is 5.88 Å². The lowest BCUT2D eigenvalue weighted by molar-refractivity contribution is -0.402. The highest BCUT2D eigenvalue weighted by Crippen LogP contribution is 2.23. The number of nitro groups is 1. The summed E-state index contributed by atoms with van der Waals surface area (Å²) in [6.45, 7) is 0. The molecule has 2 aromatic rings. The monoisotopic (exact) mass is 318 g/mol. The van der Waals surface area contributed by atoms with E-state index in [1.807, 2.05) is 0 Å². The van der Waals surface area contributed by atoms with Crippen molar-refractivity contribution >= 4 is 17.8 Å². The molecule has 0 unspecified atom stereocenters. The second kappa shape index (κ2) is 6.73. The first-order valence-electron chi connectivity index (χ1n) is 6.61. The minimum atomic E-state index is -1.16. The summed E-state index contributed by atoms with van der Waals surface area (Å²) in [5.74, 6) is -2.32. The molecule has 2 rings (SSSR count). The number of esters is 1. The molecule has 0 N–H and O–H groups in total. The Labute approximate surface area is 131 Å². The highest BCUT2D eigenvalue weighted by Gasteiger charge is 2.29. The van der Waals surface area contributed by atoms with Gasteiger partial charge in [-0.15, -0.1) is 0 Å². The summed E-state index contributed by atoms with van der Waals surface area (Å²) in [6, 6.07) is 10.6. The van der Waals surface area contributed by atoms with Crippen molar-refractivity contribution in [2.75, 3.05) is 14.1 Å². The van der Waals surface area contributed by atoms with Gasteiger partial charge in [0.25, 0.3) is 5.91 Å². The molecule has 1 aromatic heterocycles. The van der Waals surface area contributed by atoms with E-state index in [2.05, 4.69) is 0 Å². The molecule has 0 bridgehead atoms. The Hall–Kier alpha value is -3.16. The number of ether oxygens (including phenoxy) is 1. The Bertz CT molecular complexity index is 723. The number of benzene rings is 1. The third kappa shape index (κ3) is 3.73. The molecule has 0 fully saturated rings. The lowest BCUT2D eigenvalue weighted by Crippen LogP contribution is -2.31. The van der Waals surface area contributed by atoms with E-state index in [1.165, 1.54) is 19.0 Å². The Morgan fingerprint density at radius 1 is 1.17 bits per heavy atom. The summed E-state index contributed by atoms with van der Waals surface area (Å²) < 4.78 is 9.98. The molecule has 8 heteroatoms. The second-order valence-corrected chi connectivity index (χ2v) is 4.82. The van der Waals surface area contributed by atoms with Crippen molar-refractivity contribution in [1.82, 2.24) is 4.90 Å². The van der Waals surface area contributed by atoms with E-state index in [9.17, 15) is 19.7 Å². The summed E-state index contributed by atoms with van der Waals surface area (Å²) in [7, 11) is 3.06. The summed E-state index contributed by atoms with van der Waals surface area (Å²) in [4.78, 5) is 35.4. The molecule has 120 valence electrons. The number of hydrogen-bond acceptors (Lipinski definition) is 6. The zero-order valence-corrected chi connectivity index (χ0v) is 12.5. The molecule has 1 atom stereocenters. The van der Waals surface area contributed by atoms with Gasteiger partial charge in [0.2, 0.25) is 11.9 Å². The highest BCUT2D eigenvalue weighted by molar-refractivity contribution is 5.90. The van der Waals surface area contributed by atoms with Crippen LogP contribution in [0.15, 0.2) is 46.9 Å². The molecule has 0 aliphatic rings. The lowest BCUT2D eigenvalue weighted by Gasteiger charge is -2.20. The van der Waals surface area contributed by atoms with Crippen molar-refractivity contribution in [2.45, 2.75) is 6.10 Å². The van der Waals surface area contributed by atoms with Crippen molar-refractivity contribution in [3.05, 3.63) is 63.9 Å². The van der Waals surface area contributed by atoms with E-state index in [1.54, 1.807) is 30.3 Å². The van der Waals surface area contributed by atoms with Gasteiger partial charge in [0, 0.05) is 19.7 Å². The van der Waals surface area contributed by atoms with E-state index in [4.69, 9.17) is 9.15 Å². The summed E-state index contributed by atoms with van der Waals surface area (Å²) in [6.07, 6.45) is -1.16. The minimum absolute atomic E-state index is 0.343. The maximum atomic E-state index is 12.2. The number of amides is 1. The first kappa shape index (κ1) is 16.2. The summed E-state index contributed by atoms with van der Waals surface area (Å²) in [5.41, 5.74) is 0.487. The summed E-state index contributed by atoms with van der Waals surface area (Å²) in [5, 5.41) is 10.6. The third-order valence-corrected chi connectivity index (χ3v) is 2.97. The first-order chi connectivity index (χ1) is 10.9. The van der Waals surface area contributed by atoms with Crippen molar-refractivity contribution in [1.29, 1.82) is 0 Å². The lowest BCUT2D eigenvalue weighted by atomic mass is 10.1. The molecular formula is C15H14N2O6. The van der Waals surface area contributed by atoms with Crippen LogP contribution in [0.25, 0.3) is 0 Å². The fraction of sp³-hybridized carbons (Fsp3) is 0.200. The van der Waals surface area contributed by atoms with Crippen LogP contribution < -0.4 is 0 Å². The number of furan rings is 1. The standard InChI is InChI=1S/C15H14N2O6/c1-16(2)14(18)13(10-6-4-3-5-7-10)23-15(19)11-8-9-12(22-11)17(20)21/h3-9,13H,1-2H3/t13-/m0/s1. The van der Waals surface area contributed by atoms with Gasteiger partial charge in [-0.1, -0.05) is 30.3 Å². The minimum Gasteiger partial charge on any atom is -0.441 e. The van der Waals surface area contributed by atoms with Gasteiger partial charge in [-0.25, -0.2) is 4.79 Å². The average molecular weight is 318 g/mol. The van der Waals surface area contributed by atoms with Gasteiger partial charge in [0.1, 0.15) is 4.92 Å². The van der Waals surface area contributed by atoms with E-state index in [-0.39, 0.29) is 5.76 Å². The highest BCUT2D eigenvalue weighted by atomic mass is 16.7. The molecule has 1 aromatic carbocycles. The quantitative estimate of drug-likeness (QED) is 0.475. The van der Waals surface area contributed by atoms with Gasteiger partial charge >= 0.3 is 11.9 Å². The zero-order valence-electron chi connectivity index (χ0n) is 12.5. The number of carbonyl (C=O) groups is 2. The largest absolute Gasteiger partial charge is 0.441 e. The van der Waals surface area contributed by atoms with Gasteiger partial charge in [0.15, 0.2) is 0 Å². The van der Waals surface area contributed by atoms with Crippen LogP contribution in [0.1, 0.15) is 22.2 Å². The van der Waals surface area contributed by atoms with Gasteiger partial charge < -0.3 is 14.1 Å². The Balaban J connectivity index is 2.25. The molecule has 0 aliphatic heterocycles. The molecule has 8 nitrogen and oxygen atoms in total. The van der Waals surface area contributed by atoms with E-state index in [0.29, 0.717) is 5.56 Å². The normalized spacial score (nSPS) is 11.6. The number of likely N-dealkylation sites (N-methyl/N-ethyl adjacent to an activating group) is 1. The van der Waals surface area contributed by atoms with Crippen LogP contribution in [0.5, 0.6) is 0 Å². The van der Waals surface area contributed by atoms with Crippen molar-refractivity contribution in [3.8, 4) is 0 Å². The Kier molecular flexibility index (Phi) is 4.75. The molecule has 1 amide bonds. The van der Waals surface area contributed by atoms with E-state index in [0.717, 1.165) is 12.1 Å². The zero-order chi connectivity index (χ0) is 17.0. The van der Waals surface area contributed by atoms with Crippen molar-refractivity contribution in [2.24, 2.45) is 0 Å². The van der Waals surface area contributed by atoms with Crippen LogP contribution in [0.2, 0.25) is 0 Å². The molecule has 0 spiro atoms. The molecular weight excluding hydrogens is 304 g/mol. The van der Waals surface area contributed by atoms with E-state index < -0.39 is 28.8 Å². The van der Waals surface area contributed by atoms with Crippen LogP contribution >= 0.6 is 0 Å². The number of nitrogens with zero attached hydrogens (tertiary/aromatic N) is 2. The Morgan fingerprint density at radius 2 is 1.83 bits per heavy atom. The van der Waals surface area contributed by atoms with Crippen LogP contribution in [-0.2, 0) is 9.53 Å². The summed E-state index contributed by atoms with van der Waals surface area (Å²) >= 11 is 0. The van der Waals surface area contributed by atoms with Gasteiger partial charge in [0.05, 0.1) is 6.07 Å². The molecule has 0 saturated carbocycles. The van der Waals surface area contributed by atoms with Gasteiger partial charge in [-0.3, -0.25) is 14.9 Å². The van der Waals surface area contributed by atoms with Crippen molar-refractivity contribution in [3.63, 3.8) is 0 Å². The molecule has 0 saturated heterocycles. The number of carbonyl (C=O) groups excluding carboxylic acids is 2. The SMILES string of the molecule is CN(C)C(=O)[C@@H](OC(=O)c1ccc([N+](=O)[O-])o1)c1ccccc1. The molecule has 0 aliphatic carbocycles. The smallest absolute Gasteiger partial charge is 0.433 e. The first-order valence-corrected chi connectivity index (χ1v) is 6.61. The van der Waals surface area contributed by atoms with Crippen LogP contribution in [0, 0.1) is 10.1 Å². The van der Waals surface area contributed by atoms with Crippen LogP contribution in [0.3, 0.4) is 0 Å². The second-order valence-electron chi connectivity index (χ2n) is 4.82. The maximum absolute atomic E-state index is 12.2. The molecule has 23 heavy (non-hydrogen) atoms. The maximum Gasteiger partial charge on any atom is 0.433 e.